The maximum Gasteiger partial charge on any atom is 0.416 e. The highest BCUT2D eigenvalue weighted by Gasteiger charge is 2.25. The van der Waals surface area contributed by atoms with Crippen molar-refractivity contribution in [3.63, 3.8) is 0 Å². The van der Waals surface area contributed by atoms with Crippen LogP contribution < -0.4 is 4.90 Å². The average Bonchev–Trinajstić information content (AvgIpc) is 2.45. The molecule has 1 heterocycles. The number of para-hydroxylation sites is 1. The van der Waals surface area contributed by atoms with Crippen LogP contribution in [0.3, 0.4) is 0 Å². The first-order valence-corrected chi connectivity index (χ1v) is 7.05. The van der Waals surface area contributed by atoms with E-state index in [1.807, 2.05) is 20.8 Å². The van der Waals surface area contributed by atoms with Crippen molar-refractivity contribution in [2.24, 2.45) is 0 Å². The Morgan fingerprint density at radius 2 is 1.86 bits per heavy atom. The summed E-state index contributed by atoms with van der Waals surface area (Å²) in [7, 11) is 0. The van der Waals surface area contributed by atoms with Crippen LogP contribution in [0.25, 0.3) is 0 Å². The molecule has 1 amide bonds. The van der Waals surface area contributed by atoms with Crippen LogP contribution in [0.4, 0.5) is 10.6 Å². The van der Waals surface area contributed by atoms with E-state index in [-0.39, 0.29) is 12.3 Å². The molecule has 0 unspecified atom stereocenters. The third-order valence-corrected chi connectivity index (χ3v) is 2.86. The van der Waals surface area contributed by atoms with Crippen LogP contribution in [-0.2, 0) is 11.3 Å². The predicted octanol–water partition coefficient (Wildman–Crippen LogP) is 3.73. The lowest BCUT2D eigenvalue weighted by atomic mass is 10.2. The summed E-state index contributed by atoms with van der Waals surface area (Å²) >= 11 is 0. The highest BCUT2D eigenvalue weighted by Crippen LogP contribution is 2.23. The largest absolute Gasteiger partial charge is 0.508 e. The number of carbonyl (C=O) groups is 1. The molecular weight excluding hydrogens is 280 g/mol. The van der Waals surface area contributed by atoms with E-state index in [2.05, 4.69) is 4.98 Å². The summed E-state index contributed by atoms with van der Waals surface area (Å²) in [6.07, 6.45) is 1.10. The Morgan fingerprint density at radius 3 is 2.45 bits per heavy atom. The van der Waals surface area contributed by atoms with Crippen LogP contribution >= 0.6 is 0 Å². The van der Waals surface area contributed by atoms with Crippen molar-refractivity contribution in [2.45, 2.75) is 32.9 Å². The number of amides is 1. The molecule has 1 aromatic heterocycles. The van der Waals surface area contributed by atoms with E-state index in [1.165, 1.54) is 4.90 Å². The van der Waals surface area contributed by atoms with Crippen LogP contribution in [0, 0.1) is 0 Å². The third kappa shape index (κ3) is 4.22. The number of phenolic OH excluding ortho intramolecular Hbond substituents is 1. The Bertz CT molecular complexity index is 636. The maximum atomic E-state index is 12.5. The van der Waals surface area contributed by atoms with Gasteiger partial charge < -0.3 is 9.84 Å². The molecule has 0 saturated heterocycles. The molecular formula is C17H20N2O3. The predicted molar refractivity (Wildman–Crippen MR) is 84.8 cm³/mol. The van der Waals surface area contributed by atoms with Gasteiger partial charge in [0.2, 0.25) is 0 Å². The number of hydrogen-bond acceptors (Lipinski definition) is 4. The van der Waals surface area contributed by atoms with E-state index in [0.717, 1.165) is 0 Å². The van der Waals surface area contributed by atoms with E-state index in [4.69, 9.17) is 4.74 Å². The number of carbonyl (C=O) groups excluding carboxylic acids is 1. The van der Waals surface area contributed by atoms with E-state index >= 15 is 0 Å². The molecule has 2 aromatic rings. The number of pyridine rings is 1. The maximum absolute atomic E-state index is 12.5. The second kappa shape index (κ2) is 6.47. The Kier molecular flexibility index (Phi) is 4.65. The summed E-state index contributed by atoms with van der Waals surface area (Å²) in [6, 6.07) is 12.2. The van der Waals surface area contributed by atoms with E-state index in [1.54, 1.807) is 48.7 Å². The Hall–Kier alpha value is -2.56. The summed E-state index contributed by atoms with van der Waals surface area (Å²) in [5, 5.41) is 9.92. The fourth-order valence-corrected chi connectivity index (χ4v) is 1.88. The monoisotopic (exact) mass is 300 g/mol. The van der Waals surface area contributed by atoms with E-state index in [0.29, 0.717) is 11.4 Å². The van der Waals surface area contributed by atoms with Crippen molar-refractivity contribution < 1.29 is 14.6 Å². The number of anilines is 1. The van der Waals surface area contributed by atoms with Crippen LogP contribution in [0.15, 0.2) is 48.7 Å². The van der Waals surface area contributed by atoms with Gasteiger partial charge in [-0.25, -0.2) is 9.78 Å². The van der Waals surface area contributed by atoms with Gasteiger partial charge in [0.1, 0.15) is 17.2 Å². The number of aromatic hydroxyl groups is 1. The van der Waals surface area contributed by atoms with E-state index < -0.39 is 11.7 Å². The van der Waals surface area contributed by atoms with Crippen molar-refractivity contribution in [1.82, 2.24) is 4.98 Å². The van der Waals surface area contributed by atoms with Crippen LogP contribution in [0.1, 0.15) is 26.3 Å². The number of ether oxygens (including phenoxy) is 1. The standard InChI is InChI=1S/C17H20N2O3/c1-17(2,3)22-16(21)19(15-10-6-7-11-18-15)12-13-8-4-5-9-14(13)20/h4-11,20H,12H2,1-3H3. The van der Waals surface area contributed by atoms with Crippen molar-refractivity contribution in [3.8, 4) is 5.75 Å². The average molecular weight is 300 g/mol. The SMILES string of the molecule is CC(C)(C)OC(=O)N(Cc1ccccc1O)c1ccccn1. The van der Waals surface area contributed by atoms with Gasteiger partial charge in [-0.2, -0.15) is 0 Å². The smallest absolute Gasteiger partial charge is 0.416 e. The van der Waals surface area contributed by atoms with Gasteiger partial charge in [-0.15, -0.1) is 0 Å². The molecule has 2 rings (SSSR count). The minimum Gasteiger partial charge on any atom is -0.508 e. The molecule has 5 nitrogen and oxygen atoms in total. The fourth-order valence-electron chi connectivity index (χ4n) is 1.88. The summed E-state index contributed by atoms with van der Waals surface area (Å²) in [5.74, 6) is 0.604. The first-order valence-electron chi connectivity index (χ1n) is 7.05. The second-order valence-electron chi connectivity index (χ2n) is 5.88. The molecule has 22 heavy (non-hydrogen) atoms. The lowest BCUT2D eigenvalue weighted by Crippen LogP contribution is -2.37. The van der Waals surface area contributed by atoms with Gasteiger partial charge in [-0.3, -0.25) is 4.90 Å². The van der Waals surface area contributed by atoms with Gasteiger partial charge in [0.05, 0.1) is 6.54 Å². The van der Waals surface area contributed by atoms with Gasteiger partial charge in [0.25, 0.3) is 0 Å². The number of benzene rings is 1. The van der Waals surface area contributed by atoms with Crippen molar-refractivity contribution in [1.29, 1.82) is 0 Å². The van der Waals surface area contributed by atoms with Crippen molar-refractivity contribution in [3.05, 3.63) is 54.2 Å². The first kappa shape index (κ1) is 15.8. The molecule has 1 aromatic carbocycles. The van der Waals surface area contributed by atoms with Gasteiger partial charge in [-0.1, -0.05) is 24.3 Å². The fraction of sp³-hybridized carbons (Fsp3) is 0.294. The number of nitrogens with zero attached hydrogens (tertiary/aromatic N) is 2. The van der Waals surface area contributed by atoms with Crippen LogP contribution in [0.2, 0.25) is 0 Å². The molecule has 0 atom stereocenters. The molecule has 0 fully saturated rings. The lowest BCUT2D eigenvalue weighted by Gasteiger charge is -2.27. The Labute approximate surface area is 130 Å². The van der Waals surface area contributed by atoms with Gasteiger partial charge in [0, 0.05) is 11.8 Å². The molecule has 1 N–H and O–H groups in total. The summed E-state index contributed by atoms with van der Waals surface area (Å²) < 4.78 is 5.43. The zero-order valence-electron chi connectivity index (χ0n) is 13.0. The van der Waals surface area contributed by atoms with Gasteiger partial charge in [-0.05, 0) is 39.0 Å². The topological polar surface area (TPSA) is 62.7 Å². The molecule has 0 saturated carbocycles. The molecule has 5 heteroatoms. The molecule has 0 spiro atoms. The normalized spacial score (nSPS) is 11.0. The summed E-state index contributed by atoms with van der Waals surface area (Å²) in [5.41, 5.74) is 0.0158. The highest BCUT2D eigenvalue weighted by atomic mass is 16.6. The number of hydrogen-bond donors (Lipinski definition) is 1. The quantitative estimate of drug-likeness (QED) is 0.938. The molecule has 0 bridgehead atoms. The lowest BCUT2D eigenvalue weighted by molar-refractivity contribution is 0.0576. The minimum absolute atomic E-state index is 0.131. The van der Waals surface area contributed by atoms with Crippen LogP contribution in [-0.4, -0.2) is 21.8 Å². The summed E-state index contributed by atoms with van der Waals surface area (Å²) in [6.45, 7) is 5.60. The number of phenols is 1. The van der Waals surface area contributed by atoms with Crippen molar-refractivity contribution in [2.75, 3.05) is 4.90 Å². The van der Waals surface area contributed by atoms with Crippen LogP contribution in [0.5, 0.6) is 5.75 Å². The second-order valence-corrected chi connectivity index (χ2v) is 5.88. The number of rotatable bonds is 3. The summed E-state index contributed by atoms with van der Waals surface area (Å²) in [4.78, 5) is 18.1. The Balaban J connectivity index is 2.30. The number of aromatic nitrogens is 1. The zero-order chi connectivity index (χ0) is 16.2. The highest BCUT2D eigenvalue weighted by molar-refractivity contribution is 5.86. The molecule has 0 aliphatic carbocycles. The third-order valence-electron chi connectivity index (χ3n) is 2.86. The molecule has 0 aliphatic rings. The van der Waals surface area contributed by atoms with Gasteiger partial charge >= 0.3 is 6.09 Å². The molecule has 0 radical (unpaired) electrons. The zero-order valence-corrected chi connectivity index (χ0v) is 13.0. The first-order chi connectivity index (χ1) is 10.4. The van der Waals surface area contributed by atoms with Crippen molar-refractivity contribution >= 4 is 11.9 Å². The minimum atomic E-state index is -0.608. The Morgan fingerprint density at radius 1 is 1.18 bits per heavy atom. The molecule has 116 valence electrons. The van der Waals surface area contributed by atoms with Gasteiger partial charge in [0.15, 0.2) is 0 Å². The van der Waals surface area contributed by atoms with E-state index in [9.17, 15) is 9.90 Å². The molecule has 0 aliphatic heterocycles.